The number of benzene rings is 2. The van der Waals surface area contributed by atoms with Gasteiger partial charge in [0.2, 0.25) is 11.8 Å². The van der Waals surface area contributed by atoms with Gasteiger partial charge in [-0.2, -0.15) is 0 Å². The number of carbonyl (C=O) groups excluding carboxylic acids is 2. The van der Waals surface area contributed by atoms with Crippen molar-refractivity contribution in [3.8, 4) is 33.6 Å². The third-order valence-corrected chi connectivity index (χ3v) is 8.53. The molecule has 4 N–H and O–H groups in total. The minimum absolute atomic E-state index is 0.00641. The molecule has 2 atom stereocenters. The van der Waals surface area contributed by atoms with Crippen molar-refractivity contribution in [1.29, 1.82) is 0 Å². The highest BCUT2D eigenvalue weighted by atomic mass is 16.2. The van der Waals surface area contributed by atoms with Gasteiger partial charge >= 0.3 is 0 Å². The van der Waals surface area contributed by atoms with Crippen LogP contribution in [-0.4, -0.2) is 31.8 Å². The number of nitrogens with one attached hydrogen (secondary N) is 4. The third kappa shape index (κ3) is 6.75. The fourth-order valence-corrected chi connectivity index (χ4v) is 5.63. The van der Waals surface area contributed by atoms with Gasteiger partial charge in [0.05, 0.1) is 23.5 Å². The first-order valence-electron chi connectivity index (χ1n) is 16.0. The Bertz CT molecular complexity index is 1590. The van der Waals surface area contributed by atoms with Gasteiger partial charge in [0.1, 0.15) is 11.6 Å². The van der Waals surface area contributed by atoms with Crippen molar-refractivity contribution in [3.05, 3.63) is 71.6 Å². The molecule has 2 amide bonds. The van der Waals surface area contributed by atoms with Crippen LogP contribution >= 0.6 is 0 Å². The first-order valence-corrected chi connectivity index (χ1v) is 16.0. The zero-order chi connectivity index (χ0) is 32.8. The molecule has 0 aliphatic heterocycles. The van der Waals surface area contributed by atoms with Crippen molar-refractivity contribution in [2.75, 3.05) is 0 Å². The summed E-state index contributed by atoms with van der Waals surface area (Å²) in [6.07, 6.45) is 4.69. The van der Waals surface area contributed by atoms with E-state index in [2.05, 4.69) is 84.7 Å². The molecule has 0 saturated heterocycles. The summed E-state index contributed by atoms with van der Waals surface area (Å²) < 4.78 is 0. The Morgan fingerprint density at radius 2 is 1.04 bits per heavy atom. The summed E-state index contributed by atoms with van der Waals surface area (Å²) in [5.41, 5.74) is 7.86. The van der Waals surface area contributed by atoms with Gasteiger partial charge in [-0.15, -0.1) is 0 Å². The molecule has 2 heterocycles. The summed E-state index contributed by atoms with van der Waals surface area (Å²) in [7, 11) is 0. The zero-order valence-electron chi connectivity index (χ0n) is 28.3. The van der Waals surface area contributed by atoms with Crippen molar-refractivity contribution < 1.29 is 9.59 Å². The second-order valence-electron chi connectivity index (χ2n) is 15.2. The number of fused-ring (bicyclic) bond motifs is 3. The molecule has 0 bridgehead atoms. The molecular weight excluding hydrogens is 560 g/mol. The molecule has 238 valence electrons. The molecule has 5 rings (SSSR count). The molecule has 8 nitrogen and oxygen atoms in total. The van der Waals surface area contributed by atoms with Crippen LogP contribution in [0.2, 0.25) is 0 Å². The van der Waals surface area contributed by atoms with Crippen molar-refractivity contribution in [1.82, 2.24) is 30.6 Å². The fourth-order valence-electron chi connectivity index (χ4n) is 5.63. The second-order valence-corrected chi connectivity index (χ2v) is 15.2. The third-order valence-electron chi connectivity index (χ3n) is 8.53. The maximum atomic E-state index is 12.7. The fraction of sp³-hybridized carbons (Fsp3) is 0.459. The lowest BCUT2D eigenvalue weighted by molar-refractivity contribution is -0.130. The molecule has 4 aromatic rings. The molecule has 0 saturated carbocycles. The Labute approximate surface area is 267 Å². The number of H-pyrrole nitrogens is 2. The highest BCUT2D eigenvalue weighted by Gasteiger charge is 2.30. The van der Waals surface area contributed by atoms with E-state index in [1.807, 2.05) is 53.9 Å². The summed E-state index contributed by atoms with van der Waals surface area (Å²) in [6, 6.07) is 12.7. The van der Waals surface area contributed by atoms with Crippen molar-refractivity contribution >= 4 is 11.8 Å². The van der Waals surface area contributed by atoms with Gasteiger partial charge in [0, 0.05) is 34.4 Å². The summed E-state index contributed by atoms with van der Waals surface area (Å²) >= 11 is 0. The van der Waals surface area contributed by atoms with Gasteiger partial charge in [-0.25, -0.2) is 9.97 Å². The predicted molar refractivity (Wildman–Crippen MR) is 180 cm³/mol. The van der Waals surface area contributed by atoms with Gasteiger partial charge in [-0.1, -0.05) is 93.5 Å². The SMILES string of the molecule is CC(C)C(NC(=O)C(C)(C)C)c1nc(-c2ccc3c(c2)Cc2cc(-c4c[nH]c(C(NC(=O)C(C)(C)C)C(C)C)n4)ccc2-3)c[nH]1. The summed E-state index contributed by atoms with van der Waals surface area (Å²) in [4.78, 5) is 42.0. The maximum Gasteiger partial charge on any atom is 0.225 e. The average Bonchev–Trinajstić information content (AvgIpc) is 3.70. The number of carbonyl (C=O) groups is 2. The van der Waals surface area contributed by atoms with Crippen LogP contribution < -0.4 is 10.6 Å². The van der Waals surface area contributed by atoms with Crippen molar-refractivity contribution in [3.63, 3.8) is 0 Å². The van der Waals surface area contributed by atoms with Gasteiger partial charge in [-0.3, -0.25) is 9.59 Å². The number of hydrogen-bond acceptors (Lipinski definition) is 4. The average molecular weight is 609 g/mol. The van der Waals surface area contributed by atoms with E-state index in [-0.39, 0.29) is 35.7 Å². The van der Waals surface area contributed by atoms with Gasteiger partial charge in [0.25, 0.3) is 0 Å². The molecule has 0 fully saturated rings. The summed E-state index contributed by atoms with van der Waals surface area (Å²) in [5, 5.41) is 6.36. The number of amides is 2. The van der Waals surface area contributed by atoms with Crippen LogP contribution in [0.4, 0.5) is 0 Å². The molecule has 1 aliphatic carbocycles. The second kappa shape index (κ2) is 12.0. The number of rotatable bonds is 8. The number of hydrogen-bond donors (Lipinski definition) is 4. The quantitative estimate of drug-likeness (QED) is 0.144. The lowest BCUT2D eigenvalue weighted by Gasteiger charge is -2.25. The Kier molecular flexibility index (Phi) is 8.55. The van der Waals surface area contributed by atoms with Gasteiger partial charge in [0.15, 0.2) is 0 Å². The highest BCUT2D eigenvalue weighted by Crippen LogP contribution is 2.40. The lowest BCUT2D eigenvalue weighted by atomic mass is 9.93. The van der Waals surface area contributed by atoms with E-state index in [9.17, 15) is 9.59 Å². The first-order chi connectivity index (χ1) is 21.0. The summed E-state index contributed by atoms with van der Waals surface area (Å²) in [6.45, 7) is 19.9. The number of nitrogens with zero attached hydrogens (tertiary/aromatic N) is 2. The van der Waals surface area contributed by atoms with Crippen LogP contribution in [-0.2, 0) is 16.0 Å². The Morgan fingerprint density at radius 3 is 1.38 bits per heavy atom. The monoisotopic (exact) mass is 608 g/mol. The minimum atomic E-state index is -0.475. The van der Waals surface area contributed by atoms with E-state index >= 15 is 0 Å². The smallest absolute Gasteiger partial charge is 0.225 e. The van der Waals surface area contributed by atoms with E-state index in [0.29, 0.717) is 0 Å². The minimum Gasteiger partial charge on any atom is -0.346 e. The molecule has 0 spiro atoms. The standard InChI is InChI=1S/C37H48N6O2/c1-20(2)30(42-34(44)36(5,6)7)32-38-18-28(40-32)22-11-13-26-24(15-22)17-25-16-23(12-14-27(25)26)29-19-39-33(41-29)31(21(3)4)43-35(45)37(8,9)10/h11-16,18-21,30-31H,17H2,1-10H3,(H,38,40)(H,39,41)(H,42,44)(H,43,45). The molecule has 2 aromatic heterocycles. The van der Waals surface area contributed by atoms with E-state index in [1.54, 1.807) is 0 Å². The predicted octanol–water partition coefficient (Wildman–Crippen LogP) is 7.76. The van der Waals surface area contributed by atoms with Gasteiger partial charge in [-0.05, 0) is 52.6 Å². The maximum absolute atomic E-state index is 12.7. The highest BCUT2D eigenvalue weighted by molar-refractivity contribution is 5.83. The molecule has 2 aromatic carbocycles. The molecule has 8 heteroatoms. The molecule has 0 radical (unpaired) electrons. The lowest BCUT2D eigenvalue weighted by Crippen LogP contribution is -2.39. The number of imidazole rings is 2. The first kappa shape index (κ1) is 32.2. The Hall–Kier alpha value is -4.20. The molecule has 45 heavy (non-hydrogen) atoms. The number of aromatic amines is 2. The van der Waals surface area contributed by atoms with Crippen LogP contribution in [0.3, 0.4) is 0 Å². The van der Waals surface area contributed by atoms with Crippen LogP contribution in [0.15, 0.2) is 48.8 Å². The molecular formula is C37H48N6O2. The van der Waals surface area contributed by atoms with Crippen LogP contribution in [0.1, 0.15) is 104 Å². The Balaban J connectivity index is 1.35. The van der Waals surface area contributed by atoms with Crippen LogP contribution in [0.25, 0.3) is 33.6 Å². The van der Waals surface area contributed by atoms with E-state index in [4.69, 9.17) is 9.97 Å². The molecule has 1 aliphatic rings. The van der Waals surface area contributed by atoms with E-state index in [1.165, 1.54) is 22.3 Å². The topological polar surface area (TPSA) is 116 Å². The normalized spacial score (nSPS) is 14.3. The zero-order valence-corrected chi connectivity index (χ0v) is 28.3. The van der Waals surface area contributed by atoms with Crippen molar-refractivity contribution in [2.45, 2.75) is 87.7 Å². The van der Waals surface area contributed by atoms with E-state index in [0.717, 1.165) is 40.6 Å². The van der Waals surface area contributed by atoms with Crippen LogP contribution in [0, 0.1) is 22.7 Å². The van der Waals surface area contributed by atoms with Crippen molar-refractivity contribution in [2.24, 2.45) is 22.7 Å². The van der Waals surface area contributed by atoms with Gasteiger partial charge < -0.3 is 20.6 Å². The number of aromatic nitrogens is 4. The Morgan fingerprint density at radius 1 is 0.667 bits per heavy atom. The van der Waals surface area contributed by atoms with E-state index < -0.39 is 10.8 Å². The largest absolute Gasteiger partial charge is 0.346 e. The summed E-state index contributed by atoms with van der Waals surface area (Å²) in [5.74, 6) is 1.91. The molecule has 2 unspecified atom stereocenters. The van der Waals surface area contributed by atoms with Crippen LogP contribution in [0.5, 0.6) is 0 Å².